The fourth-order valence-electron chi connectivity index (χ4n) is 2.50. The van der Waals surface area contributed by atoms with Crippen LogP contribution in [0.5, 0.6) is 0 Å². The molecule has 1 heterocycles. The average molecular weight is 415 g/mol. The second-order valence-electron chi connectivity index (χ2n) is 5.59. The van der Waals surface area contributed by atoms with Crippen LogP contribution in [-0.4, -0.2) is 11.1 Å². The van der Waals surface area contributed by atoms with Crippen LogP contribution >= 0.6 is 23.2 Å². The third-order valence-corrected chi connectivity index (χ3v) is 4.37. The topological polar surface area (TPSA) is 55.1 Å². The summed E-state index contributed by atoms with van der Waals surface area (Å²) >= 11 is 12.3. The van der Waals surface area contributed by atoms with E-state index in [1.807, 2.05) is 0 Å². The van der Waals surface area contributed by atoms with Crippen LogP contribution in [0.4, 0.5) is 18.9 Å². The molecule has 1 aromatic heterocycles. The van der Waals surface area contributed by atoms with Gasteiger partial charge in [0, 0.05) is 11.3 Å². The Morgan fingerprint density at radius 2 is 1.74 bits per heavy atom. The molecule has 3 aromatic rings. The van der Waals surface area contributed by atoms with Gasteiger partial charge in [0.15, 0.2) is 0 Å². The number of benzene rings is 2. The first-order chi connectivity index (χ1) is 12.7. The number of halogens is 5. The molecule has 0 fully saturated rings. The predicted molar refractivity (Wildman–Crippen MR) is 96.1 cm³/mol. The summed E-state index contributed by atoms with van der Waals surface area (Å²) in [4.78, 5) is 12.7. The molecule has 9 heteroatoms. The van der Waals surface area contributed by atoms with Crippen molar-refractivity contribution >= 4 is 34.8 Å². The summed E-state index contributed by atoms with van der Waals surface area (Å²) in [7, 11) is 0. The van der Waals surface area contributed by atoms with Gasteiger partial charge >= 0.3 is 6.18 Å². The molecule has 0 spiro atoms. The van der Waals surface area contributed by atoms with Gasteiger partial charge in [-0.2, -0.15) is 13.2 Å². The molecule has 0 saturated carbocycles. The summed E-state index contributed by atoms with van der Waals surface area (Å²) in [6.07, 6.45) is -4.52. The van der Waals surface area contributed by atoms with Gasteiger partial charge in [0.2, 0.25) is 0 Å². The first-order valence-corrected chi connectivity index (χ1v) is 8.33. The molecule has 0 saturated heterocycles. The maximum atomic E-state index is 12.9. The Labute approximate surface area is 161 Å². The molecule has 2 aromatic carbocycles. The van der Waals surface area contributed by atoms with Gasteiger partial charge in [0.1, 0.15) is 17.0 Å². The number of hydrogen-bond acceptors (Lipinski definition) is 3. The number of hydrogen-bond donors (Lipinski definition) is 1. The number of aromatic nitrogens is 1. The monoisotopic (exact) mass is 414 g/mol. The average Bonchev–Trinajstić information content (AvgIpc) is 2.95. The normalized spacial score (nSPS) is 11.5. The Hall–Kier alpha value is -2.51. The van der Waals surface area contributed by atoms with Crippen molar-refractivity contribution in [3.63, 3.8) is 0 Å². The summed E-state index contributed by atoms with van der Waals surface area (Å²) in [6, 6.07) is 9.06. The van der Waals surface area contributed by atoms with Gasteiger partial charge in [0.05, 0.1) is 15.6 Å². The van der Waals surface area contributed by atoms with Crippen LogP contribution in [-0.2, 0) is 6.18 Å². The van der Waals surface area contributed by atoms with E-state index in [2.05, 4.69) is 10.5 Å². The zero-order valence-electron chi connectivity index (χ0n) is 13.7. The van der Waals surface area contributed by atoms with Gasteiger partial charge in [-0.05, 0) is 37.3 Å². The number of anilines is 1. The summed E-state index contributed by atoms with van der Waals surface area (Å²) in [6.45, 7) is 1.50. The Morgan fingerprint density at radius 1 is 1.11 bits per heavy atom. The number of carbonyl (C=O) groups excluding carboxylic acids is 1. The number of alkyl halides is 3. The highest BCUT2D eigenvalue weighted by molar-refractivity contribution is 6.39. The van der Waals surface area contributed by atoms with Crippen molar-refractivity contribution < 1.29 is 22.5 Å². The minimum absolute atomic E-state index is 0.0216. The lowest BCUT2D eigenvalue weighted by atomic mass is 10.1. The van der Waals surface area contributed by atoms with E-state index in [4.69, 9.17) is 27.7 Å². The maximum Gasteiger partial charge on any atom is 0.416 e. The summed E-state index contributed by atoms with van der Waals surface area (Å²) in [5.41, 5.74) is -0.467. The molecule has 0 aliphatic heterocycles. The second kappa shape index (κ2) is 7.25. The highest BCUT2D eigenvalue weighted by Gasteiger charge is 2.31. The van der Waals surface area contributed by atoms with Crippen LogP contribution in [0.1, 0.15) is 21.7 Å². The van der Waals surface area contributed by atoms with E-state index >= 15 is 0 Å². The molecule has 140 valence electrons. The Balaban J connectivity index is 1.99. The minimum atomic E-state index is -4.52. The minimum Gasteiger partial charge on any atom is -0.360 e. The van der Waals surface area contributed by atoms with Crippen molar-refractivity contribution in [1.82, 2.24) is 5.16 Å². The Kier molecular flexibility index (Phi) is 5.17. The standard InChI is InChI=1S/C18H11Cl2F3N2O2/c1-9-14(16(25-27-9)15-12(19)6-3-7-13(15)20)17(26)24-11-5-2-4-10(8-11)18(21,22)23/h2-8H,1H3,(H,24,26). The lowest BCUT2D eigenvalue weighted by molar-refractivity contribution is -0.137. The molecule has 0 radical (unpaired) electrons. The molecule has 0 aliphatic rings. The highest BCUT2D eigenvalue weighted by Crippen LogP contribution is 2.37. The zero-order chi connectivity index (χ0) is 19.8. The smallest absolute Gasteiger partial charge is 0.360 e. The SMILES string of the molecule is Cc1onc(-c2c(Cl)cccc2Cl)c1C(=O)Nc1cccc(C(F)(F)F)c1. The molecular weight excluding hydrogens is 404 g/mol. The number of aryl methyl sites for hydroxylation is 1. The van der Waals surface area contributed by atoms with E-state index in [1.54, 1.807) is 18.2 Å². The Morgan fingerprint density at radius 3 is 2.37 bits per heavy atom. The van der Waals surface area contributed by atoms with Crippen LogP contribution in [0.3, 0.4) is 0 Å². The lowest BCUT2D eigenvalue weighted by Gasteiger charge is -2.10. The molecule has 3 rings (SSSR count). The molecule has 0 aliphatic carbocycles. The first kappa shape index (κ1) is 19.3. The van der Waals surface area contributed by atoms with Gasteiger partial charge in [0.25, 0.3) is 5.91 Å². The van der Waals surface area contributed by atoms with Crippen LogP contribution in [0.15, 0.2) is 47.0 Å². The van der Waals surface area contributed by atoms with Gasteiger partial charge in [-0.25, -0.2) is 0 Å². The predicted octanol–water partition coefficient (Wildman–Crippen LogP) is 6.23. The largest absolute Gasteiger partial charge is 0.416 e. The van der Waals surface area contributed by atoms with Gasteiger partial charge in [-0.3, -0.25) is 4.79 Å². The van der Waals surface area contributed by atoms with Crippen LogP contribution in [0.2, 0.25) is 10.0 Å². The van der Waals surface area contributed by atoms with Crippen molar-refractivity contribution in [3.8, 4) is 11.3 Å². The summed E-state index contributed by atoms with van der Waals surface area (Å²) < 4.78 is 43.6. The van der Waals surface area contributed by atoms with E-state index in [-0.39, 0.29) is 32.8 Å². The number of rotatable bonds is 3. The number of nitrogens with zero attached hydrogens (tertiary/aromatic N) is 1. The fraction of sp³-hybridized carbons (Fsp3) is 0.111. The summed E-state index contributed by atoms with van der Waals surface area (Å²) in [5, 5.41) is 6.77. The quantitative estimate of drug-likeness (QED) is 0.552. The number of nitrogens with one attached hydrogen (secondary N) is 1. The molecule has 0 unspecified atom stereocenters. The van der Waals surface area contributed by atoms with E-state index in [9.17, 15) is 18.0 Å². The van der Waals surface area contributed by atoms with Crippen LogP contribution in [0, 0.1) is 6.92 Å². The van der Waals surface area contributed by atoms with E-state index in [0.29, 0.717) is 5.56 Å². The maximum absolute atomic E-state index is 12.9. The van der Waals surface area contributed by atoms with Gasteiger partial charge < -0.3 is 9.84 Å². The number of amides is 1. The number of carbonyl (C=O) groups is 1. The molecule has 1 N–H and O–H groups in total. The fourth-order valence-corrected chi connectivity index (χ4v) is 3.08. The van der Waals surface area contributed by atoms with Gasteiger partial charge in [-0.1, -0.05) is 40.5 Å². The van der Waals surface area contributed by atoms with E-state index < -0.39 is 17.6 Å². The first-order valence-electron chi connectivity index (χ1n) is 7.57. The summed E-state index contributed by atoms with van der Waals surface area (Å²) in [5.74, 6) is -0.524. The van der Waals surface area contributed by atoms with E-state index in [1.165, 1.54) is 19.1 Å². The third-order valence-electron chi connectivity index (χ3n) is 3.74. The highest BCUT2D eigenvalue weighted by atomic mass is 35.5. The molecule has 0 atom stereocenters. The lowest BCUT2D eigenvalue weighted by Crippen LogP contribution is -2.14. The van der Waals surface area contributed by atoms with Crippen LogP contribution < -0.4 is 5.32 Å². The molecule has 27 heavy (non-hydrogen) atoms. The van der Waals surface area contributed by atoms with E-state index in [0.717, 1.165) is 12.1 Å². The second-order valence-corrected chi connectivity index (χ2v) is 6.41. The molecule has 1 amide bonds. The van der Waals surface area contributed by atoms with Crippen molar-refractivity contribution in [2.24, 2.45) is 0 Å². The Bertz CT molecular complexity index is 996. The van der Waals surface area contributed by atoms with Gasteiger partial charge in [-0.15, -0.1) is 0 Å². The third kappa shape index (κ3) is 3.94. The van der Waals surface area contributed by atoms with Crippen molar-refractivity contribution in [2.75, 3.05) is 5.32 Å². The van der Waals surface area contributed by atoms with Crippen molar-refractivity contribution in [3.05, 3.63) is 69.4 Å². The molecular formula is C18H11Cl2F3N2O2. The van der Waals surface area contributed by atoms with Crippen molar-refractivity contribution in [2.45, 2.75) is 13.1 Å². The zero-order valence-corrected chi connectivity index (χ0v) is 15.2. The molecule has 0 bridgehead atoms. The molecule has 4 nitrogen and oxygen atoms in total. The van der Waals surface area contributed by atoms with Crippen molar-refractivity contribution in [1.29, 1.82) is 0 Å². The van der Waals surface area contributed by atoms with Crippen LogP contribution in [0.25, 0.3) is 11.3 Å².